The molecule has 86 valence electrons. The predicted molar refractivity (Wildman–Crippen MR) is 71.4 cm³/mol. The number of nitrogens with one attached hydrogen (secondary N) is 1. The third-order valence-electron chi connectivity index (χ3n) is 1.89. The highest BCUT2D eigenvalue weighted by Gasteiger charge is 2.04. The largest absolute Gasteiger partial charge is 0.385 e. The number of allylic oxidation sites excluding steroid dienone is 2. The van der Waals surface area contributed by atoms with Crippen molar-refractivity contribution in [1.82, 2.24) is 5.06 Å². The molecule has 0 saturated heterocycles. The topological polar surface area (TPSA) is 24.5 Å². The van der Waals surface area contributed by atoms with Gasteiger partial charge < -0.3 is 10.2 Å². The lowest BCUT2D eigenvalue weighted by molar-refractivity contribution is 0.0223. The van der Waals surface area contributed by atoms with E-state index in [4.69, 9.17) is 4.84 Å². The van der Waals surface area contributed by atoms with Crippen LogP contribution in [0.2, 0.25) is 0 Å². The number of hydrogen-bond donors (Lipinski definition) is 1. The molecule has 0 amide bonds. The Morgan fingerprint density at radius 1 is 1.50 bits per heavy atom. The van der Waals surface area contributed by atoms with Gasteiger partial charge in [-0.05, 0) is 24.3 Å². The average Bonchev–Trinajstić information content (AvgIpc) is 2.28. The SMILES string of the molecule is C=C/C=C\N(C)Oc1ccc(Br)cc1NC. The van der Waals surface area contributed by atoms with Gasteiger partial charge in [-0.1, -0.05) is 28.6 Å². The van der Waals surface area contributed by atoms with Crippen molar-refractivity contribution in [3.05, 3.63) is 47.6 Å². The Morgan fingerprint density at radius 3 is 2.88 bits per heavy atom. The lowest BCUT2D eigenvalue weighted by Gasteiger charge is -2.17. The van der Waals surface area contributed by atoms with E-state index in [-0.39, 0.29) is 0 Å². The van der Waals surface area contributed by atoms with Gasteiger partial charge in [0.2, 0.25) is 0 Å². The van der Waals surface area contributed by atoms with Crippen LogP contribution in [0.25, 0.3) is 0 Å². The second kappa shape index (κ2) is 6.23. The standard InChI is InChI=1S/C12H15BrN2O/c1-4-5-8-15(3)16-12-7-6-10(13)9-11(12)14-2/h4-9,14H,1H2,2-3H3/b8-5-. The van der Waals surface area contributed by atoms with E-state index in [1.807, 2.05) is 32.3 Å². The van der Waals surface area contributed by atoms with Gasteiger partial charge in [-0.3, -0.25) is 0 Å². The molecule has 0 atom stereocenters. The van der Waals surface area contributed by atoms with Gasteiger partial charge >= 0.3 is 0 Å². The molecule has 16 heavy (non-hydrogen) atoms. The van der Waals surface area contributed by atoms with Crippen LogP contribution in [-0.2, 0) is 0 Å². The van der Waals surface area contributed by atoms with E-state index < -0.39 is 0 Å². The summed E-state index contributed by atoms with van der Waals surface area (Å²) in [6.07, 6.45) is 5.28. The second-order valence-corrected chi connectivity index (χ2v) is 4.02. The molecule has 0 aliphatic carbocycles. The quantitative estimate of drug-likeness (QED) is 0.662. The minimum atomic E-state index is 0.766. The first-order chi connectivity index (χ1) is 7.67. The Labute approximate surface area is 104 Å². The molecule has 0 heterocycles. The van der Waals surface area contributed by atoms with Gasteiger partial charge in [-0.25, -0.2) is 5.06 Å². The summed E-state index contributed by atoms with van der Waals surface area (Å²) in [7, 11) is 3.68. The fourth-order valence-corrected chi connectivity index (χ4v) is 1.51. The normalized spacial score (nSPS) is 10.2. The molecule has 0 spiro atoms. The number of hydroxylamine groups is 2. The van der Waals surface area contributed by atoms with Gasteiger partial charge in [-0.15, -0.1) is 0 Å². The van der Waals surface area contributed by atoms with Crippen molar-refractivity contribution in [1.29, 1.82) is 0 Å². The maximum absolute atomic E-state index is 5.61. The summed E-state index contributed by atoms with van der Waals surface area (Å²) in [4.78, 5) is 5.61. The molecule has 0 aliphatic rings. The number of rotatable bonds is 5. The Hall–Kier alpha value is -1.42. The van der Waals surface area contributed by atoms with Crippen molar-refractivity contribution in [2.24, 2.45) is 0 Å². The first-order valence-corrected chi connectivity index (χ1v) is 5.64. The first-order valence-electron chi connectivity index (χ1n) is 4.84. The van der Waals surface area contributed by atoms with Crippen LogP contribution >= 0.6 is 15.9 Å². The van der Waals surface area contributed by atoms with Crippen LogP contribution < -0.4 is 10.2 Å². The van der Waals surface area contributed by atoms with Crippen LogP contribution in [0, 0.1) is 0 Å². The van der Waals surface area contributed by atoms with Gasteiger partial charge in [0.1, 0.15) is 0 Å². The van der Waals surface area contributed by atoms with Crippen molar-refractivity contribution >= 4 is 21.6 Å². The van der Waals surface area contributed by atoms with Crippen molar-refractivity contribution in [2.45, 2.75) is 0 Å². The molecule has 1 rings (SSSR count). The molecule has 0 bridgehead atoms. The van der Waals surface area contributed by atoms with Gasteiger partial charge in [0.25, 0.3) is 0 Å². The molecule has 0 radical (unpaired) electrons. The summed E-state index contributed by atoms with van der Waals surface area (Å²) in [6.45, 7) is 3.60. The lowest BCUT2D eigenvalue weighted by Crippen LogP contribution is -2.16. The predicted octanol–water partition coefficient (Wildman–Crippen LogP) is 3.42. The summed E-state index contributed by atoms with van der Waals surface area (Å²) in [5.41, 5.74) is 0.924. The van der Waals surface area contributed by atoms with Crippen LogP contribution in [-0.4, -0.2) is 19.2 Å². The van der Waals surface area contributed by atoms with Crippen LogP contribution in [0.4, 0.5) is 5.69 Å². The monoisotopic (exact) mass is 282 g/mol. The molecule has 1 aromatic rings. The molecule has 1 aromatic carbocycles. The van der Waals surface area contributed by atoms with Gasteiger partial charge in [0, 0.05) is 24.8 Å². The van der Waals surface area contributed by atoms with Crippen molar-refractivity contribution in [3.8, 4) is 5.75 Å². The molecule has 0 aromatic heterocycles. The smallest absolute Gasteiger partial charge is 0.178 e. The highest BCUT2D eigenvalue weighted by atomic mass is 79.9. The maximum Gasteiger partial charge on any atom is 0.178 e. The zero-order valence-corrected chi connectivity index (χ0v) is 11.0. The molecule has 3 nitrogen and oxygen atoms in total. The summed E-state index contributed by atoms with van der Waals surface area (Å²) in [5, 5.41) is 4.69. The molecule has 1 N–H and O–H groups in total. The third-order valence-corrected chi connectivity index (χ3v) is 2.38. The minimum absolute atomic E-state index is 0.766. The molecule has 0 saturated carbocycles. The maximum atomic E-state index is 5.61. The Morgan fingerprint density at radius 2 is 2.25 bits per heavy atom. The van der Waals surface area contributed by atoms with E-state index in [1.54, 1.807) is 23.4 Å². The molecular formula is C12H15BrN2O. The number of hydrogen-bond acceptors (Lipinski definition) is 3. The number of nitrogens with zero attached hydrogens (tertiary/aromatic N) is 1. The fraction of sp³-hybridized carbons (Fsp3) is 0.167. The highest BCUT2D eigenvalue weighted by Crippen LogP contribution is 2.28. The summed E-state index contributed by atoms with van der Waals surface area (Å²) in [6, 6.07) is 5.79. The van der Waals surface area contributed by atoms with E-state index in [9.17, 15) is 0 Å². The Balaban J connectivity index is 2.80. The summed E-state index contributed by atoms with van der Waals surface area (Å²) in [5.74, 6) is 0.766. The highest BCUT2D eigenvalue weighted by molar-refractivity contribution is 9.10. The van der Waals surface area contributed by atoms with Crippen molar-refractivity contribution < 1.29 is 4.84 Å². The average molecular weight is 283 g/mol. The number of halogens is 1. The van der Waals surface area contributed by atoms with Crippen molar-refractivity contribution in [3.63, 3.8) is 0 Å². The Bertz CT molecular complexity index is 391. The zero-order chi connectivity index (χ0) is 12.0. The molecule has 4 heteroatoms. The molecule has 0 unspecified atom stereocenters. The van der Waals surface area contributed by atoms with Crippen LogP contribution in [0.5, 0.6) is 5.75 Å². The van der Waals surface area contributed by atoms with E-state index in [2.05, 4.69) is 27.8 Å². The fourth-order valence-electron chi connectivity index (χ4n) is 1.14. The summed E-state index contributed by atoms with van der Waals surface area (Å²) < 4.78 is 1.01. The minimum Gasteiger partial charge on any atom is -0.385 e. The Kier molecular flexibility index (Phi) is 4.92. The van der Waals surface area contributed by atoms with Crippen molar-refractivity contribution in [2.75, 3.05) is 19.4 Å². The molecular weight excluding hydrogens is 268 g/mol. The second-order valence-electron chi connectivity index (χ2n) is 3.11. The van der Waals surface area contributed by atoms with Gasteiger partial charge in [0.15, 0.2) is 5.75 Å². The van der Waals surface area contributed by atoms with Gasteiger partial charge in [0.05, 0.1) is 5.69 Å². The van der Waals surface area contributed by atoms with Crippen LogP contribution in [0.3, 0.4) is 0 Å². The summed E-state index contributed by atoms with van der Waals surface area (Å²) >= 11 is 3.41. The lowest BCUT2D eigenvalue weighted by atomic mass is 10.3. The first kappa shape index (κ1) is 12.6. The molecule has 0 fully saturated rings. The number of anilines is 1. The van der Waals surface area contributed by atoms with E-state index in [0.29, 0.717) is 0 Å². The third kappa shape index (κ3) is 3.62. The zero-order valence-electron chi connectivity index (χ0n) is 9.40. The van der Waals surface area contributed by atoms with Crippen LogP contribution in [0.1, 0.15) is 0 Å². The van der Waals surface area contributed by atoms with Gasteiger partial charge in [-0.2, -0.15) is 0 Å². The number of benzene rings is 1. The van der Waals surface area contributed by atoms with E-state index in [1.165, 1.54) is 0 Å². The van der Waals surface area contributed by atoms with E-state index >= 15 is 0 Å². The van der Waals surface area contributed by atoms with Crippen LogP contribution in [0.15, 0.2) is 47.6 Å². The van der Waals surface area contributed by atoms with E-state index in [0.717, 1.165) is 15.9 Å². The molecule has 0 aliphatic heterocycles.